The maximum Gasteiger partial charge on any atom is 0.272 e. The van der Waals surface area contributed by atoms with E-state index in [0.717, 1.165) is 16.3 Å². The first kappa shape index (κ1) is 18.9. The minimum Gasteiger partial charge on any atom is -0.497 e. The molecule has 1 amide bonds. The Morgan fingerprint density at radius 1 is 1.07 bits per heavy atom. The van der Waals surface area contributed by atoms with Crippen molar-refractivity contribution in [1.82, 2.24) is 10.2 Å². The molecule has 0 radical (unpaired) electrons. The first-order valence-corrected chi connectivity index (χ1v) is 9.97. The van der Waals surface area contributed by atoms with Crippen LogP contribution in [-0.4, -0.2) is 23.2 Å². The molecule has 0 aliphatic heterocycles. The number of anilines is 1. The third-order valence-corrected chi connectivity index (χ3v) is 5.53. The summed E-state index contributed by atoms with van der Waals surface area (Å²) in [6.45, 7) is 0.462. The molecular weight excluding hydrogens is 386 g/mol. The fourth-order valence-corrected chi connectivity index (χ4v) is 3.88. The van der Waals surface area contributed by atoms with Crippen LogP contribution in [0.3, 0.4) is 0 Å². The number of nitrogens with zero attached hydrogens (tertiary/aromatic N) is 2. The number of aromatic nitrogens is 2. The van der Waals surface area contributed by atoms with Gasteiger partial charge < -0.3 is 9.64 Å². The minimum absolute atomic E-state index is 0.0781. The van der Waals surface area contributed by atoms with Crippen molar-refractivity contribution in [2.24, 2.45) is 0 Å². The van der Waals surface area contributed by atoms with Crippen molar-refractivity contribution in [3.05, 3.63) is 87.0 Å². The van der Waals surface area contributed by atoms with Gasteiger partial charge in [0.2, 0.25) is 5.91 Å². The zero-order valence-corrected chi connectivity index (χ0v) is 16.6. The second-order valence-electron chi connectivity index (χ2n) is 6.48. The van der Waals surface area contributed by atoms with Gasteiger partial charge in [0.1, 0.15) is 5.75 Å². The summed E-state index contributed by atoms with van der Waals surface area (Å²) in [6.07, 6.45) is 0.0781. The molecule has 0 saturated carbocycles. The lowest BCUT2D eigenvalue weighted by Gasteiger charge is -2.23. The van der Waals surface area contributed by atoms with E-state index in [0.29, 0.717) is 23.0 Å². The molecule has 0 aliphatic carbocycles. The Kier molecular flexibility index (Phi) is 5.39. The summed E-state index contributed by atoms with van der Waals surface area (Å²) in [5.74, 6) is 0.624. The average molecular weight is 405 g/mol. The van der Waals surface area contributed by atoms with Gasteiger partial charge in [-0.15, -0.1) is 11.3 Å². The number of rotatable bonds is 6. The average Bonchev–Trinajstić information content (AvgIpc) is 3.28. The number of thiophene rings is 1. The first-order chi connectivity index (χ1) is 14.2. The van der Waals surface area contributed by atoms with Crippen LogP contribution < -0.4 is 15.2 Å². The number of hydrogen-bond acceptors (Lipinski definition) is 5. The predicted molar refractivity (Wildman–Crippen MR) is 115 cm³/mol. The van der Waals surface area contributed by atoms with Crippen molar-refractivity contribution in [1.29, 1.82) is 0 Å². The number of nitrogens with one attached hydrogen (secondary N) is 1. The molecule has 2 heterocycles. The van der Waals surface area contributed by atoms with E-state index in [-0.39, 0.29) is 17.9 Å². The number of amides is 1. The van der Waals surface area contributed by atoms with Gasteiger partial charge >= 0.3 is 0 Å². The van der Waals surface area contributed by atoms with E-state index in [1.165, 1.54) is 0 Å². The number of ether oxygens (including phenoxy) is 1. The Morgan fingerprint density at radius 2 is 1.83 bits per heavy atom. The molecule has 0 atom stereocenters. The zero-order chi connectivity index (χ0) is 20.2. The van der Waals surface area contributed by atoms with Crippen LogP contribution in [0.25, 0.3) is 10.8 Å². The normalized spacial score (nSPS) is 10.8. The van der Waals surface area contributed by atoms with Crippen LogP contribution in [0.1, 0.15) is 10.6 Å². The van der Waals surface area contributed by atoms with E-state index in [1.807, 2.05) is 53.9 Å². The third kappa shape index (κ3) is 4.05. The summed E-state index contributed by atoms with van der Waals surface area (Å²) in [4.78, 5) is 28.1. The van der Waals surface area contributed by atoms with Crippen molar-refractivity contribution in [2.75, 3.05) is 12.0 Å². The van der Waals surface area contributed by atoms with Gasteiger partial charge in [-0.3, -0.25) is 9.59 Å². The highest BCUT2D eigenvalue weighted by Crippen LogP contribution is 2.24. The Hall–Kier alpha value is -3.45. The summed E-state index contributed by atoms with van der Waals surface area (Å²) >= 11 is 1.60. The second-order valence-corrected chi connectivity index (χ2v) is 7.51. The number of hydrogen-bond donors (Lipinski definition) is 1. The lowest BCUT2D eigenvalue weighted by Crippen LogP contribution is -2.32. The number of H-pyrrole nitrogens is 1. The zero-order valence-electron chi connectivity index (χ0n) is 15.8. The maximum absolute atomic E-state index is 13.3. The van der Waals surface area contributed by atoms with Gasteiger partial charge in [0.05, 0.1) is 31.2 Å². The van der Waals surface area contributed by atoms with E-state index in [2.05, 4.69) is 10.2 Å². The molecule has 0 spiro atoms. The molecule has 2 aromatic carbocycles. The Bertz CT molecular complexity index is 1180. The van der Waals surface area contributed by atoms with Crippen LogP contribution >= 0.6 is 11.3 Å². The van der Waals surface area contributed by atoms with E-state index in [9.17, 15) is 9.59 Å². The van der Waals surface area contributed by atoms with E-state index in [4.69, 9.17) is 4.74 Å². The Labute approximate surface area is 171 Å². The molecule has 4 rings (SSSR count). The smallest absolute Gasteiger partial charge is 0.272 e. The molecule has 1 N–H and O–H groups in total. The maximum atomic E-state index is 13.3. The Morgan fingerprint density at radius 3 is 2.52 bits per heavy atom. The second kappa shape index (κ2) is 8.28. The van der Waals surface area contributed by atoms with Gasteiger partial charge in [0, 0.05) is 16.0 Å². The largest absolute Gasteiger partial charge is 0.497 e. The monoisotopic (exact) mass is 405 g/mol. The quantitative estimate of drug-likeness (QED) is 0.530. The topological polar surface area (TPSA) is 75.3 Å². The van der Waals surface area contributed by atoms with E-state index in [1.54, 1.807) is 35.5 Å². The predicted octanol–water partition coefficient (Wildman–Crippen LogP) is 3.77. The number of methoxy groups -OCH3 is 1. The highest BCUT2D eigenvalue weighted by atomic mass is 32.1. The highest BCUT2D eigenvalue weighted by molar-refractivity contribution is 7.09. The summed E-state index contributed by atoms with van der Waals surface area (Å²) in [5.41, 5.74) is 1.07. The molecule has 0 aliphatic rings. The van der Waals surface area contributed by atoms with Crippen LogP contribution in [0.2, 0.25) is 0 Å². The first-order valence-electron chi connectivity index (χ1n) is 9.09. The number of carbonyl (C=O) groups excluding carboxylic acids is 1. The van der Waals surface area contributed by atoms with Gasteiger partial charge in [-0.25, -0.2) is 5.10 Å². The number of benzene rings is 2. The molecule has 0 unspecified atom stereocenters. The van der Waals surface area contributed by atoms with Crippen LogP contribution in [-0.2, 0) is 17.8 Å². The lowest BCUT2D eigenvalue weighted by molar-refractivity contribution is -0.118. The van der Waals surface area contributed by atoms with Crippen molar-refractivity contribution >= 4 is 33.7 Å². The van der Waals surface area contributed by atoms with Crippen LogP contribution in [0.15, 0.2) is 70.8 Å². The van der Waals surface area contributed by atoms with Gasteiger partial charge in [0.15, 0.2) is 0 Å². The summed E-state index contributed by atoms with van der Waals surface area (Å²) in [6, 6.07) is 18.5. The van der Waals surface area contributed by atoms with Crippen LogP contribution in [0, 0.1) is 0 Å². The fraction of sp³-hybridized carbons (Fsp3) is 0.136. The standard InChI is InChI=1S/C22H19N3O3S/c1-28-16-10-8-15(9-11-16)25(14-17-5-4-12-29-17)21(26)13-20-18-6-2-3-7-19(18)22(27)24-23-20/h2-12H,13-14H2,1H3,(H,24,27). The number of carbonyl (C=O) groups is 1. The van der Waals surface area contributed by atoms with Gasteiger partial charge in [-0.2, -0.15) is 5.10 Å². The third-order valence-electron chi connectivity index (χ3n) is 4.67. The summed E-state index contributed by atoms with van der Waals surface area (Å²) < 4.78 is 5.23. The number of aromatic amines is 1. The molecule has 7 heteroatoms. The van der Waals surface area contributed by atoms with Crippen LogP contribution in [0.5, 0.6) is 5.75 Å². The molecule has 29 heavy (non-hydrogen) atoms. The summed E-state index contributed by atoms with van der Waals surface area (Å²) in [5, 5.41) is 9.85. The SMILES string of the molecule is COc1ccc(N(Cc2cccs2)C(=O)Cc2n[nH]c(=O)c3ccccc23)cc1. The minimum atomic E-state index is -0.262. The van der Waals surface area contributed by atoms with Crippen molar-refractivity contribution < 1.29 is 9.53 Å². The van der Waals surface area contributed by atoms with Crippen molar-refractivity contribution in [2.45, 2.75) is 13.0 Å². The fourth-order valence-electron chi connectivity index (χ4n) is 3.19. The number of fused-ring (bicyclic) bond motifs is 1. The van der Waals surface area contributed by atoms with E-state index < -0.39 is 0 Å². The highest BCUT2D eigenvalue weighted by Gasteiger charge is 2.20. The molecule has 0 bridgehead atoms. The lowest BCUT2D eigenvalue weighted by atomic mass is 10.1. The molecule has 0 fully saturated rings. The Balaban J connectivity index is 1.68. The van der Waals surface area contributed by atoms with Crippen molar-refractivity contribution in [3.63, 3.8) is 0 Å². The van der Waals surface area contributed by atoms with Crippen LogP contribution in [0.4, 0.5) is 5.69 Å². The molecule has 2 aromatic heterocycles. The molecule has 0 saturated heterocycles. The molecule has 4 aromatic rings. The van der Waals surface area contributed by atoms with E-state index >= 15 is 0 Å². The van der Waals surface area contributed by atoms with Gasteiger partial charge in [-0.1, -0.05) is 24.3 Å². The summed E-state index contributed by atoms with van der Waals surface area (Å²) in [7, 11) is 1.61. The molecular formula is C22H19N3O3S. The van der Waals surface area contributed by atoms with Gasteiger partial charge in [0.25, 0.3) is 5.56 Å². The molecule has 6 nitrogen and oxygen atoms in total. The van der Waals surface area contributed by atoms with Crippen molar-refractivity contribution in [3.8, 4) is 5.75 Å². The molecule has 146 valence electrons. The van der Waals surface area contributed by atoms with Gasteiger partial charge in [-0.05, 0) is 41.8 Å².